The van der Waals surface area contributed by atoms with Crippen molar-refractivity contribution in [3.8, 4) is 0 Å². The number of rotatable bonds is 8. The Kier molecular flexibility index (Phi) is 6.83. The summed E-state index contributed by atoms with van der Waals surface area (Å²) in [5, 5.41) is 2.88. The zero-order chi connectivity index (χ0) is 20.0. The first-order valence-corrected chi connectivity index (χ1v) is 11.1. The predicted molar refractivity (Wildman–Crippen MR) is 109 cm³/mol. The number of hydrogen-bond acceptors (Lipinski definition) is 4. The van der Waals surface area contributed by atoms with E-state index >= 15 is 0 Å². The summed E-state index contributed by atoms with van der Waals surface area (Å²) in [6.07, 6.45) is 2.57. The zero-order valence-corrected chi connectivity index (χ0v) is 17.0. The molecular formula is C21H27N3O3S. The number of nitrogens with one attached hydrogen (secondary N) is 2. The van der Waals surface area contributed by atoms with Crippen molar-refractivity contribution in [3.05, 3.63) is 65.2 Å². The maximum Gasteiger partial charge on any atom is 0.251 e. The number of carbonyl (C=O) groups is 1. The highest BCUT2D eigenvalue weighted by Gasteiger charge is 2.14. The van der Waals surface area contributed by atoms with E-state index in [1.54, 1.807) is 6.92 Å². The Labute approximate surface area is 167 Å². The number of hydrogen-bond donors (Lipinski definition) is 2. The summed E-state index contributed by atoms with van der Waals surface area (Å²) in [6.45, 7) is 5.80. The molecule has 28 heavy (non-hydrogen) atoms. The van der Waals surface area contributed by atoms with E-state index in [9.17, 15) is 13.2 Å². The average molecular weight is 402 g/mol. The van der Waals surface area contributed by atoms with Gasteiger partial charge in [0.25, 0.3) is 5.91 Å². The fraction of sp³-hybridized carbons (Fsp3) is 0.381. The molecule has 0 atom stereocenters. The van der Waals surface area contributed by atoms with Crippen LogP contribution in [0.15, 0.2) is 53.4 Å². The van der Waals surface area contributed by atoms with E-state index < -0.39 is 10.0 Å². The van der Waals surface area contributed by atoms with Crippen molar-refractivity contribution in [2.75, 3.05) is 19.6 Å². The molecule has 1 amide bonds. The molecule has 1 aliphatic rings. The third kappa shape index (κ3) is 5.41. The summed E-state index contributed by atoms with van der Waals surface area (Å²) < 4.78 is 26.3. The Balaban J connectivity index is 1.53. The lowest BCUT2D eigenvalue weighted by Gasteiger charge is -2.14. The van der Waals surface area contributed by atoms with Crippen molar-refractivity contribution in [1.29, 1.82) is 0 Å². The molecule has 1 saturated heterocycles. The highest BCUT2D eigenvalue weighted by atomic mass is 32.2. The molecule has 1 fully saturated rings. The van der Waals surface area contributed by atoms with Crippen LogP contribution in [0.4, 0.5) is 0 Å². The van der Waals surface area contributed by atoms with Gasteiger partial charge in [0, 0.05) is 25.2 Å². The maximum atomic E-state index is 12.3. The summed E-state index contributed by atoms with van der Waals surface area (Å²) in [6, 6.07) is 14.2. The van der Waals surface area contributed by atoms with Gasteiger partial charge in [-0.05, 0) is 61.3 Å². The minimum Gasteiger partial charge on any atom is -0.348 e. The average Bonchev–Trinajstić information content (AvgIpc) is 3.20. The molecular weight excluding hydrogens is 374 g/mol. The predicted octanol–water partition coefficient (Wildman–Crippen LogP) is 2.51. The first-order valence-electron chi connectivity index (χ1n) is 9.66. The molecule has 150 valence electrons. The lowest BCUT2D eigenvalue weighted by atomic mass is 10.1. The first-order chi connectivity index (χ1) is 13.5. The van der Waals surface area contributed by atoms with Gasteiger partial charge in [0.05, 0.1) is 4.90 Å². The van der Waals surface area contributed by atoms with Crippen molar-refractivity contribution >= 4 is 15.9 Å². The van der Waals surface area contributed by atoms with E-state index in [0.29, 0.717) is 18.7 Å². The van der Waals surface area contributed by atoms with Crippen LogP contribution in [-0.2, 0) is 23.1 Å². The van der Waals surface area contributed by atoms with Crippen LogP contribution in [0.5, 0.6) is 0 Å². The van der Waals surface area contributed by atoms with Gasteiger partial charge in [-0.3, -0.25) is 9.69 Å². The molecule has 0 aromatic heterocycles. The Morgan fingerprint density at radius 3 is 2.18 bits per heavy atom. The van der Waals surface area contributed by atoms with Gasteiger partial charge in [0.1, 0.15) is 0 Å². The number of sulfonamides is 1. The fourth-order valence-electron chi connectivity index (χ4n) is 3.30. The number of benzene rings is 2. The molecule has 0 radical (unpaired) electrons. The van der Waals surface area contributed by atoms with Gasteiger partial charge in [-0.15, -0.1) is 0 Å². The Morgan fingerprint density at radius 1 is 0.964 bits per heavy atom. The SMILES string of the molecule is CCNS(=O)(=O)c1ccc(C(=O)NCc2ccc(CN3CCCC3)cc2)cc1. The van der Waals surface area contributed by atoms with Crippen LogP contribution in [0.1, 0.15) is 41.3 Å². The van der Waals surface area contributed by atoms with E-state index in [4.69, 9.17) is 0 Å². The number of nitrogens with zero attached hydrogens (tertiary/aromatic N) is 1. The highest BCUT2D eigenvalue weighted by Crippen LogP contribution is 2.14. The molecule has 1 heterocycles. The normalized spacial score (nSPS) is 14.9. The minimum atomic E-state index is -3.51. The van der Waals surface area contributed by atoms with Crippen molar-refractivity contribution < 1.29 is 13.2 Å². The van der Waals surface area contributed by atoms with E-state index in [-0.39, 0.29) is 10.8 Å². The molecule has 1 aliphatic heterocycles. The zero-order valence-electron chi connectivity index (χ0n) is 16.1. The van der Waals surface area contributed by atoms with Crippen LogP contribution >= 0.6 is 0 Å². The van der Waals surface area contributed by atoms with Gasteiger partial charge in [0.15, 0.2) is 0 Å². The first kappa shape index (κ1) is 20.5. The molecule has 6 nitrogen and oxygen atoms in total. The van der Waals surface area contributed by atoms with E-state index in [0.717, 1.165) is 12.1 Å². The summed E-state index contributed by atoms with van der Waals surface area (Å²) in [7, 11) is -3.51. The number of carbonyl (C=O) groups excluding carboxylic acids is 1. The minimum absolute atomic E-state index is 0.152. The van der Waals surface area contributed by atoms with Gasteiger partial charge in [-0.25, -0.2) is 13.1 Å². The van der Waals surface area contributed by atoms with E-state index in [1.807, 2.05) is 12.1 Å². The molecule has 0 unspecified atom stereocenters. The fourth-order valence-corrected chi connectivity index (χ4v) is 4.35. The van der Waals surface area contributed by atoms with Crippen molar-refractivity contribution in [3.63, 3.8) is 0 Å². The van der Waals surface area contributed by atoms with Gasteiger partial charge < -0.3 is 5.32 Å². The molecule has 0 saturated carbocycles. The van der Waals surface area contributed by atoms with Gasteiger partial charge in [-0.2, -0.15) is 0 Å². The number of likely N-dealkylation sites (tertiary alicyclic amines) is 1. The van der Waals surface area contributed by atoms with Crippen molar-refractivity contribution in [2.24, 2.45) is 0 Å². The van der Waals surface area contributed by atoms with Crippen molar-refractivity contribution in [1.82, 2.24) is 14.9 Å². The van der Waals surface area contributed by atoms with E-state index in [1.165, 1.54) is 55.8 Å². The molecule has 0 spiro atoms. The molecule has 2 N–H and O–H groups in total. The Bertz CT molecular complexity index is 887. The molecule has 7 heteroatoms. The van der Waals surface area contributed by atoms with Crippen LogP contribution in [0, 0.1) is 0 Å². The van der Waals surface area contributed by atoms with Crippen LogP contribution in [0.25, 0.3) is 0 Å². The van der Waals surface area contributed by atoms with Gasteiger partial charge in [0.2, 0.25) is 10.0 Å². The third-order valence-electron chi connectivity index (χ3n) is 4.84. The second-order valence-corrected chi connectivity index (χ2v) is 8.78. The van der Waals surface area contributed by atoms with Crippen LogP contribution in [-0.4, -0.2) is 38.9 Å². The lowest BCUT2D eigenvalue weighted by molar-refractivity contribution is 0.0951. The Morgan fingerprint density at radius 2 is 1.57 bits per heavy atom. The largest absolute Gasteiger partial charge is 0.348 e. The molecule has 0 aliphatic carbocycles. The summed E-state index contributed by atoms with van der Waals surface area (Å²) in [4.78, 5) is 14.9. The van der Waals surface area contributed by atoms with Crippen LogP contribution in [0.2, 0.25) is 0 Å². The quantitative estimate of drug-likeness (QED) is 0.712. The summed E-state index contributed by atoms with van der Waals surface area (Å²) >= 11 is 0. The second-order valence-electron chi connectivity index (χ2n) is 7.01. The van der Waals surface area contributed by atoms with Crippen LogP contribution < -0.4 is 10.0 Å². The third-order valence-corrected chi connectivity index (χ3v) is 6.40. The molecule has 0 bridgehead atoms. The van der Waals surface area contributed by atoms with E-state index in [2.05, 4.69) is 27.1 Å². The standard InChI is InChI=1S/C21H27N3O3S/c1-2-23-28(26,27)20-11-9-19(10-12-20)21(25)22-15-17-5-7-18(8-6-17)16-24-13-3-4-14-24/h5-12,23H,2-4,13-16H2,1H3,(H,22,25). The van der Waals surface area contributed by atoms with Crippen LogP contribution in [0.3, 0.4) is 0 Å². The summed E-state index contributed by atoms with van der Waals surface area (Å²) in [5.74, 6) is -0.228. The Hall–Kier alpha value is -2.22. The molecule has 2 aromatic carbocycles. The lowest BCUT2D eigenvalue weighted by Crippen LogP contribution is -2.24. The smallest absolute Gasteiger partial charge is 0.251 e. The summed E-state index contributed by atoms with van der Waals surface area (Å²) in [5.41, 5.74) is 2.75. The molecule has 2 aromatic rings. The molecule has 3 rings (SSSR count). The van der Waals surface area contributed by atoms with Crippen molar-refractivity contribution in [2.45, 2.75) is 37.8 Å². The highest BCUT2D eigenvalue weighted by molar-refractivity contribution is 7.89. The monoisotopic (exact) mass is 401 g/mol. The number of amides is 1. The second kappa shape index (κ2) is 9.32. The van der Waals surface area contributed by atoms with Gasteiger partial charge >= 0.3 is 0 Å². The van der Waals surface area contributed by atoms with Gasteiger partial charge in [-0.1, -0.05) is 31.2 Å². The topological polar surface area (TPSA) is 78.5 Å². The maximum absolute atomic E-state index is 12.3.